The number of methoxy groups -OCH3 is 2. The highest BCUT2D eigenvalue weighted by atomic mass is 16.5. The highest BCUT2D eigenvalue weighted by molar-refractivity contribution is 5.26. The first-order valence-corrected chi connectivity index (χ1v) is 6.30. The third kappa shape index (κ3) is 3.32. The summed E-state index contributed by atoms with van der Waals surface area (Å²) in [4.78, 5) is 8.69. The largest absolute Gasteiger partial charge is 0.480 e. The Labute approximate surface area is 109 Å². The van der Waals surface area contributed by atoms with Crippen LogP contribution in [0.5, 0.6) is 11.8 Å². The Balaban J connectivity index is 3.04. The van der Waals surface area contributed by atoms with Crippen molar-refractivity contribution in [1.29, 1.82) is 0 Å². The van der Waals surface area contributed by atoms with Crippen LogP contribution in [0.4, 0.5) is 0 Å². The minimum Gasteiger partial charge on any atom is -0.480 e. The normalized spacial score (nSPS) is 14.1. The van der Waals surface area contributed by atoms with Crippen LogP contribution in [0.2, 0.25) is 0 Å². The highest BCUT2D eigenvalue weighted by Gasteiger charge is 2.23. The molecule has 1 rings (SSSR count). The van der Waals surface area contributed by atoms with Gasteiger partial charge in [0.2, 0.25) is 11.8 Å². The fourth-order valence-corrected chi connectivity index (χ4v) is 2.14. The van der Waals surface area contributed by atoms with Crippen molar-refractivity contribution in [3.05, 3.63) is 11.9 Å². The van der Waals surface area contributed by atoms with Crippen LogP contribution in [0, 0.1) is 5.92 Å². The molecule has 1 aromatic rings. The predicted molar refractivity (Wildman–Crippen MR) is 71.0 cm³/mol. The molecule has 0 saturated carbocycles. The number of rotatable bonds is 7. The van der Waals surface area contributed by atoms with Gasteiger partial charge in [0.1, 0.15) is 5.69 Å². The predicted octanol–water partition coefficient (Wildman–Crippen LogP) is 2.19. The Morgan fingerprint density at radius 2 is 2.06 bits per heavy atom. The zero-order chi connectivity index (χ0) is 13.5. The lowest BCUT2D eigenvalue weighted by molar-refractivity contribution is 0.327. The van der Waals surface area contributed by atoms with Gasteiger partial charge < -0.3 is 14.8 Å². The van der Waals surface area contributed by atoms with Crippen molar-refractivity contribution in [3.8, 4) is 11.8 Å². The third-order valence-electron chi connectivity index (χ3n) is 3.07. The summed E-state index contributed by atoms with van der Waals surface area (Å²) in [6.07, 6.45) is 3.90. The Hall–Kier alpha value is -1.36. The van der Waals surface area contributed by atoms with Crippen molar-refractivity contribution in [3.63, 3.8) is 0 Å². The highest BCUT2D eigenvalue weighted by Crippen LogP contribution is 2.30. The molecule has 0 aliphatic carbocycles. The molecular weight excluding hydrogens is 230 g/mol. The number of hydrogen-bond donors (Lipinski definition) is 1. The van der Waals surface area contributed by atoms with Crippen LogP contribution >= 0.6 is 0 Å². The minimum atomic E-state index is 0.137. The number of nitrogens with one attached hydrogen (secondary N) is 1. The number of hydrogen-bond acceptors (Lipinski definition) is 5. The second kappa shape index (κ2) is 7.16. The second-order valence-electron chi connectivity index (χ2n) is 4.34. The van der Waals surface area contributed by atoms with E-state index in [4.69, 9.17) is 9.47 Å². The molecule has 0 aromatic carbocycles. The average molecular weight is 253 g/mol. The van der Waals surface area contributed by atoms with E-state index in [2.05, 4.69) is 29.1 Å². The van der Waals surface area contributed by atoms with E-state index in [0.717, 1.165) is 18.5 Å². The molecule has 0 bridgehead atoms. The number of aromatic nitrogens is 2. The first-order chi connectivity index (χ1) is 8.67. The molecule has 0 aliphatic heterocycles. The summed E-state index contributed by atoms with van der Waals surface area (Å²) in [5.74, 6) is 1.46. The van der Waals surface area contributed by atoms with Gasteiger partial charge in [-0.05, 0) is 19.4 Å². The lowest BCUT2D eigenvalue weighted by Gasteiger charge is -2.23. The van der Waals surface area contributed by atoms with Crippen LogP contribution in [0.15, 0.2) is 6.20 Å². The van der Waals surface area contributed by atoms with Crippen molar-refractivity contribution in [1.82, 2.24) is 15.3 Å². The van der Waals surface area contributed by atoms with Gasteiger partial charge in [-0.15, -0.1) is 0 Å². The van der Waals surface area contributed by atoms with E-state index in [1.165, 1.54) is 0 Å². The van der Waals surface area contributed by atoms with Crippen LogP contribution in [-0.4, -0.2) is 31.2 Å². The maximum absolute atomic E-state index is 5.31. The Morgan fingerprint density at radius 3 is 2.56 bits per heavy atom. The van der Waals surface area contributed by atoms with Crippen molar-refractivity contribution >= 4 is 0 Å². The van der Waals surface area contributed by atoms with E-state index in [1.54, 1.807) is 20.4 Å². The molecule has 102 valence electrons. The first kappa shape index (κ1) is 14.7. The van der Waals surface area contributed by atoms with Gasteiger partial charge in [0, 0.05) is 0 Å². The lowest BCUT2D eigenvalue weighted by Crippen LogP contribution is -2.25. The van der Waals surface area contributed by atoms with Crippen LogP contribution in [0.3, 0.4) is 0 Å². The van der Waals surface area contributed by atoms with E-state index in [1.807, 2.05) is 7.05 Å². The van der Waals surface area contributed by atoms with E-state index in [-0.39, 0.29) is 6.04 Å². The molecule has 18 heavy (non-hydrogen) atoms. The van der Waals surface area contributed by atoms with E-state index in [9.17, 15) is 0 Å². The molecule has 1 aromatic heterocycles. The molecule has 1 N–H and O–H groups in total. The lowest BCUT2D eigenvalue weighted by atomic mass is 9.94. The first-order valence-electron chi connectivity index (χ1n) is 6.30. The van der Waals surface area contributed by atoms with Crippen LogP contribution in [0.25, 0.3) is 0 Å². The molecule has 0 aliphatic rings. The molecule has 0 amide bonds. The van der Waals surface area contributed by atoms with Crippen molar-refractivity contribution < 1.29 is 9.47 Å². The Bertz CT molecular complexity index is 371. The fraction of sp³-hybridized carbons (Fsp3) is 0.692. The monoisotopic (exact) mass is 253 g/mol. The molecule has 1 heterocycles. The van der Waals surface area contributed by atoms with Gasteiger partial charge in [0.15, 0.2) is 0 Å². The summed E-state index contributed by atoms with van der Waals surface area (Å²) < 4.78 is 10.4. The Morgan fingerprint density at radius 1 is 1.33 bits per heavy atom. The molecule has 5 nitrogen and oxygen atoms in total. The standard InChI is InChI=1S/C13H23N3O2/c1-6-7-9(2)11(14-3)12-13(18-5)16-10(17-4)8-15-12/h8-9,11,14H,6-7H2,1-5H3. The molecule has 0 radical (unpaired) electrons. The molecule has 0 saturated heterocycles. The SMILES string of the molecule is CCCC(C)C(NC)c1ncc(OC)nc1OC. The summed E-state index contributed by atoms with van der Waals surface area (Å²) in [6, 6.07) is 0.137. The summed E-state index contributed by atoms with van der Waals surface area (Å²) >= 11 is 0. The smallest absolute Gasteiger partial charge is 0.240 e. The summed E-state index contributed by atoms with van der Waals surface area (Å²) in [5, 5.41) is 3.29. The van der Waals surface area contributed by atoms with Crippen molar-refractivity contribution in [2.75, 3.05) is 21.3 Å². The molecule has 0 fully saturated rings. The zero-order valence-corrected chi connectivity index (χ0v) is 11.9. The fourth-order valence-electron chi connectivity index (χ4n) is 2.14. The van der Waals surface area contributed by atoms with Gasteiger partial charge in [0.25, 0.3) is 0 Å². The van der Waals surface area contributed by atoms with Gasteiger partial charge in [0.05, 0.1) is 26.5 Å². The van der Waals surface area contributed by atoms with Crippen LogP contribution < -0.4 is 14.8 Å². The molecule has 0 spiro atoms. The van der Waals surface area contributed by atoms with Gasteiger partial charge in [-0.1, -0.05) is 20.3 Å². The number of nitrogens with zero attached hydrogens (tertiary/aromatic N) is 2. The molecule has 5 heteroatoms. The zero-order valence-electron chi connectivity index (χ0n) is 11.9. The summed E-state index contributed by atoms with van der Waals surface area (Å²) in [7, 11) is 5.10. The van der Waals surface area contributed by atoms with Crippen LogP contribution in [-0.2, 0) is 0 Å². The number of ether oxygens (including phenoxy) is 2. The van der Waals surface area contributed by atoms with Gasteiger partial charge in [-0.25, -0.2) is 4.98 Å². The third-order valence-corrected chi connectivity index (χ3v) is 3.07. The molecule has 2 unspecified atom stereocenters. The van der Waals surface area contributed by atoms with E-state index in [0.29, 0.717) is 17.7 Å². The van der Waals surface area contributed by atoms with Gasteiger partial charge in [-0.3, -0.25) is 0 Å². The maximum Gasteiger partial charge on any atom is 0.240 e. The molecular formula is C13H23N3O2. The summed E-state index contributed by atoms with van der Waals surface area (Å²) in [5.41, 5.74) is 0.835. The summed E-state index contributed by atoms with van der Waals surface area (Å²) in [6.45, 7) is 4.39. The van der Waals surface area contributed by atoms with Crippen molar-refractivity contribution in [2.24, 2.45) is 5.92 Å². The molecule has 2 atom stereocenters. The average Bonchev–Trinajstić information content (AvgIpc) is 2.40. The quantitative estimate of drug-likeness (QED) is 0.807. The van der Waals surface area contributed by atoms with Gasteiger partial charge in [-0.2, -0.15) is 4.98 Å². The minimum absolute atomic E-state index is 0.137. The Kier molecular flexibility index (Phi) is 5.85. The maximum atomic E-state index is 5.31. The van der Waals surface area contributed by atoms with Gasteiger partial charge >= 0.3 is 0 Å². The van der Waals surface area contributed by atoms with E-state index >= 15 is 0 Å². The van der Waals surface area contributed by atoms with Crippen molar-refractivity contribution in [2.45, 2.75) is 32.7 Å². The van der Waals surface area contributed by atoms with Crippen LogP contribution in [0.1, 0.15) is 38.4 Å². The second-order valence-corrected chi connectivity index (χ2v) is 4.34. The topological polar surface area (TPSA) is 56.3 Å². The van der Waals surface area contributed by atoms with E-state index < -0.39 is 0 Å².